The van der Waals surface area contributed by atoms with Gasteiger partial charge in [0.15, 0.2) is 0 Å². The Hall–Kier alpha value is -2.52. The molecule has 1 aromatic carbocycles. The second-order valence-corrected chi connectivity index (χ2v) is 6.47. The van der Waals surface area contributed by atoms with Gasteiger partial charge >= 0.3 is 0 Å². The summed E-state index contributed by atoms with van der Waals surface area (Å²) in [4.78, 5) is 35.2. The van der Waals surface area contributed by atoms with Crippen molar-refractivity contribution in [3.05, 3.63) is 39.4 Å². The number of ether oxygens (including phenoxy) is 2. The monoisotopic (exact) mass is 409 g/mol. The van der Waals surface area contributed by atoms with Crippen molar-refractivity contribution < 1.29 is 24.0 Å². The molecule has 1 rings (SSSR count). The van der Waals surface area contributed by atoms with Gasteiger partial charge in [-0.25, -0.2) is 0 Å². The van der Waals surface area contributed by atoms with E-state index in [1.807, 2.05) is 0 Å². The van der Waals surface area contributed by atoms with Crippen LogP contribution in [0.15, 0.2) is 18.2 Å². The highest BCUT2D eigenvalue weighted by molar-refractivity contribution is 6.00. The van der Waals surface area contributed by atoms with Crippen LogP contribution in [-0.2, 0) is 9.47 Å². The molecule has 162 valence electrons. The van der Waals surface area contributed by atoms with Gasteiger partial charge in [-0.1, -0.05) is 26.7 Å². The van der Waals surface area contributed by atoms with Gasteiger partial charge in [0.1, 0.15) is 0 Å². The Labute approximate surface area is 171 Å². The van der Waals surface area contributed by atoms with Crippen LogP contribution in [-0.4, -0.2) is 56.3 Å². The van der Waals surface area contributed by atoms with Gasteiger partial charge < -0.3 is 20.1 Å². The first-order valence-electron chi connectivity index (χ1n) is 10.0. The zero-order chi connectivity index (χ0) is 21.5. The third kappa shape index (κ3) is 10.00. The van der Waals surface area contributed by atoms with Crippen LogP contribution in [0.4, 0.5) is 5.69 Å². The van der Waals surface area contributed by atoms with Crippen molar-refractivity contribution >= 4 is 17.5 Å². The minimum atomic E-state index is -0.630. The van der Waals surface area contributed by atoms with Crippen LogP contribution in [0.1, 0.15) is 60.2 Å². The quantitative estimate of drug-likeness (QED) is 0.261. The molecule has 0 saturated carbocycles. The first-order valence-corrected chi connectivity index (χ1v) is 10.0. The molecule has 0 spiro atoms. The molecular weight excluding hydrogens is 378 g/mol. The third-order valence-corrected chi connectivity index (χ3v) is 4.00. The number of nitrogens with one attached hydrogen (secondary N) is 2. The van der Waals surface area contributed by atoms with E-state index in [1.165, 1.54) is 6.07 Å². The summed E-state index contributed by atoms with van der Waals surface area (Å²) in [6.45, 7) is 6.62. The molecule has 0 aromatic heterocycles. The Morgan fingerprint density at radius 2 is 1.31 bits per heavy atom. The summed E-state index contributed by atoms with van der Waals surface area (Å²) in [5, 5.41) is 16.5. The lowest BCUT2D eigenvalue weighted by Crippen LogP contribution is -2.29. The van der Waals surface area contributed by atoms with E-state index in [2.05, 4.69) is 24.5 Å². The Morgan fingerprint density at radius 3 is 1.69 bits per heavy atom. The molecule has 0 atom stereocenters. The van der Waals surface area contributed by atoms with E-state index in [9.17, 15) is 19.7 Å². The molecule has 0 radical (unpaired) electrons. The van der Waals surface area contributed by atoms with Crippen molar-refractivity contribution in [2.45, 2.75) is 39.5 Å². The van der Waals surface area contributed by atoms with Crippen LogP contribution in [0.25, 0.3) is 0 Å². The second kappa shape index (κ2) is 14.5. The van der Waals surface area contributed by atoms with Crippen LogP contribution in [0.5, 0.6) is 0 Å². The summed E-state index contributed by atoms with van der Waals surface area (Å²) in [5.74, 6) is -0.991. The first kappa shape index (κ1) is 24.5. The lowest BCUT2D eigenvalue weighted by molar-refractivity contribution is -0.384. The van der Waals surface area contributed by atoms with Crippen LogP contribution in [0.3, 0.4) is 0 Å². The summed E-state index contributed by atoms with van der Waals surface area (Å²) in [5.41, 5.74) is -0.213. The van der Waals surface area contributed by atoms with Gasteiger partial charge in [0.05, 0.1) is 18.1 Å². The van der Waals surface area contributed by atoms with Gasteiger partial charge in [0.2, 0.25) is 0 Å². The average molecular weight is 409 g/mol. The second-order valence-electron chi connectivity index (χ2n) is 6.47. The van der Waals surface area contributed by atoms with Crippen molar-refractivity contribution in [2.24, 2.45) is 0 Å². The Balaban J connectivity index is 2.64. The van der Waals surface area contributed by atoms with E-state index in [-0.39, 0.29) is 29.9 Å². The van der Waals surface area contributed by atoms with Gasteiger partial charge in [-0.05, 0) is 18.9 Å². The predicted molar refractivity (Wildman–Crippen MR) is 109 cm³/mol. The summed E-state index contributed by atoms with van der Waals surface area (Å²) < 4.78 is 10.7. The molecule has 29 heavy (non-hydrogen) atoms. The Kier molecular flexibility index (Phi) is 12.2. The molecule has 0 aliphatic heterocycles. The standard InChI is InChI=1S/C20H31N3O6/c1-3-5-9-28-11-7-21-19(24)16-13-17(15-18(14-16)23(26)27)20(25)22-8-12-29-10-6-4-2/h13-15H,3-12H2,1-2H3,(H,21,24)(H,22,25). The molecule has 1 aromatic rings. The van der Waals surface area contributed by atoms with Crippen molar-refractivity contribution in [1.29, 1.82) is 0 Å². The van der Waals surface area contributed by atoms with Crippen molar-refractivity contribution in [2.75, 3.05) is 39.5 Å². The number of hydrogen-bond acceptors (Lipinski definition) is 6. The van der Waals surface area contributed by atoms with Crippen LogP contribution in [0, 0.1) is 10.1 Å². The number of rotatable bonds is 15. The smallest absolute Gasteiger partial charge is 0.271 e. The average Bonchev–Trinajstić information content (AvgIpc) is 2.72. The fourth-order valence-corrected chi connectivity index (χ4v) is 2.35. The number of carbonyl (C=O) groups excluding carboxylic acids is 2. The number of nitro groups is 1. The number of hydrogen-bond donors (Lipinski definition) is 2. The number of amides is 2. The van der Waals surface area contributed by atoms with E-state index in [1.54, 1.807) is 0 Å². The number of benzene rings is 1. The Morgan fingerprint density at radius 1 is 0.862 bits per heavy atom. The minimum Gasteiger partial charge on any atom is -0.380 e. The molecule has 9 nitrogen and oxygen atoms in total. The van der Waals surface area contributed by atoms with Gasteiger partial charge in [0.25, 0.3) is 17.5 Å². The van der Waals surface area contributed by atoms with E-state index >= 15 is 0 Å². The summed E-state index contributed by atoms with van der Waals surface area (Å²) in [7, 11) is 0. The van der Waals surface area contributed by atoms with Gasteiger partial charge in [-0.3, -0.25) is 19.7 Å². The number of nitro benzene ring substituents is 1. The molecule has 9 heteroatoms. The zero-order valence-electron chi connectivity index (χ0n) is 17.2. The highest BCUT2D eigenvalue weighted by atomic mass is 16.6. The highest BCUT2D eigenvalue weighted by Crippen LogP contribution is 2.17. The van der Waals surface area contributed by atoms with Gasteiger partial charge in [-0.15, -0.1) is 0 Å². The predicted octanol–water partition coefficient (Wildman–Crippen LogP) is 2.69. The molecule has 0 unspecified atom stereocenters. The molecular formula is C20H31N3O6. The van der Waals surface area contributed by atoms with E-state index in [0.29, 0.717) is 26.4 Å². The maximum absolute atomic E-state index is 12.3. The number of non-ortho nitro benzene ring substituents is 1. The molecule has 0 heterocycles. The molecule has 0 bridgehead atoms. The molecule has 2 N–H and O–H groups in total. The Bertz CT molecular complexity index is 619. The summed E-state index contributed by atoms with van der Waals surface area (Å²) in [6.07, 6.45) is 3.94. The third-order valence-electron chi connectivity index (χ3n) is 4.00. The fraction of sp³-hybridized carbons (Fsp3) is 0.600. The van der Waals surface area contributed by atoms with Gasteiger partial charge in [-0.2, -0.15) is 0 Å². The van der Waals surface area contributed by atoms with Crippen molar-refractivity contribution in [1.82, 2.24) is 10.6 Å². The van der Waals surface area contributed by atoms with Crippen LogP contribution in [0.2, 0.25) is 0 Å². The maximum Gasteiger partial charge on any atom is 0.271 e. The van der Waals surface area contributed by atoms with Crippen LogP contribution >= 0.6 is 0 Å². The maximum atomic E-state index is 12.3. The SMILES string of the molecule is CCCCOCCNC(=O)c1cc(C(=O)NCCOCCCC)cc([N+](=O)[O-])c1. The normalized spacial score (nSPS) is 10.6. The van der Waals surface area contributed by atoms with Crippen molar-refractivity contribution in [3.8, 4) is 0 Å². The van der Waals surface area contributed by atoms with Crippen molar-refractivity contribution in [3.63, 3.8) is 0 Å². The fourth-order valence-electron chi connectivity index (χ4n) is 2.35. The molecule has 0 aliphatic rings. The molecule has 0 fully saturated rings. The van der Waals surface area contributed by atoms with E-state index < -0.39 is 16.7 Å². The highest BCUT2D eigenvalue weighted by Gasteiger charge is 2.17. The van der Waals surface area contributed by atoms with Gasteiger partial charge in [0, 0.05) is 49.6 Å². The van der Waals surface area contributed by atoms with Crippen LogP contribution < -0.4 is 10.6 Å². The number of unbranched alkanes of at least 4 members (excludes halogenated alkanes) is 2. The number of nitrogens with zero attached hydrogens (tertiary/aromatic N) is 1. The summed E-state index contributed by atoms with van der Waals surface area (Å²) >= 11 is 0. The first-order chi connectivity index (χ1) is 14.0. The lowest BCUT2D eigenvalue weighted by Gasteiger charge is -2.09. The lowest BCUT2D eigenvalue weighted by atomic mass is 10.1. The van der Waals surface area contributed by atoms with E-state index in [4.69, 9.17) is 9.47 Å². The zero-order valence-corrected chi connectivity index (χ0v) is 17.2. The largest absolute Gasteiger partial charge is 0.380 e. The van der Waals surface area contributed by atoms with E-state index in [0.717, 1.165) is 37.8 Å². The minimum absolute atomic E-state index is 0.0529. The molecule has 2 amide bonds. The molecule has 0 aliphatic carbocycles. The topological polar surface area (TPSA) is 120 Å². The number of carbonyl (C=O) groups is 2. The summed E-state index contributed by atoms with van der Waals surface area (Å²) in [6, 6.07) is 3.64. The molecule has 0 saturated heterocycles.